The number of fused-ring (bicyclic) bond motifs is 2. The third-order valence-corrected chi connectivity index (χ3v) is 4.31. The Morgan fingerprint density at radius 3 is 1.89 bits per heavy atom. The zero-order valence-corrected chi connectivity index (χ0v) is 15.3. The first-order valence-corrected chi connectivity index (χ1v) is 8.49. The highest BCUT2D eigenvalue weighted by molar-refractivity contribution is 6.01. The molecule has 0 aliphatic heterocycles. The molecule has 0 spiro atoms. The molecule has 0 bridgehead atoms. The van der Waals surface area contributed by atoms with Gasteiger partial charge in [0.2, 0.25) is 0 Å². The van der Waals surface area contributed by atoms with Gasteiger partial charge in [-0.25, -0.2) is 9.59 Å². The second-order valence-electron chi connectivity index (χ2n) is 6.58. The minimum Gasteiger partial charge on any atom is -0.512 e. The molecular formula is C22H20O5. The zero-order valence-electron chi connectivity index (χ0n) is 15.3. The first-order valence-electron chi connectivity index (χ1n) is 8.49. The van der Waals surface area contributed by atoms with Gasteiger partial charge in [0.15, 0.2) is 0 Å². The Labute approximate surface area is 157 Å². The summed E-state index contributed by atoms with van der Waals surface area (Å²) in [5.74, 6) is -0.172. The summed E-state index contributed by atoms with van der Waals surface area (Å²) in [6.07, 6.45) is 2.18. The number of allylic oxidation sites excluding steroid dienone is 2. The van der Waals surface area contributed by atoms with Crippen molar-refractivity contribution in [2.45, 2.75) is 26.7 Å². The Balaban J connectivity index is 2.29. The minimum atomic E-state index is -0.553. The Bertz CT molecular complexity index is 1030. The molecule has 5 heteroatoms. The molecule has 5 nitrogen and oxygen atoms in total. The van der Waals surface area contributed by atoms with E-state index in [1.807, 2.05) is 6.07 Å². The van der Waals surface area contributed by atoms with Crippen LogP contribution < -0.4 is 9.47 Å². The standard InChI is InChI=1S/C22H20O5/c1-12(2)21(24)26-19-15-7-5-6-8-16(15)20(27-22(25)13(3)4)18-11-14(23)9-10-17(18)19/h5-9,23H,1,3,10-11H2,2,4H3. The first-order chi connectivity index (χ1) is 12.8. The highest BCUT2D eigenvalue weighted by atomic mass is 16.5. The highest BCUT2D eigenvalue weighted by Crippen LogP contribution is 2.44. The normalized spacial score (nSPS) is 12.7. The average molecular weight is 364 g/mol. The summed E-state index contributed by atoms with van der Waals surface area (Å²) < 4.78 is 11.2. The molecule has 3 rings (SSSR count). The molecule has 27 heavy (non-hydrogen) atoms. The van der Waals surface area contributed by atoms with Crippen LogP contribution in [0.5, 0.6) is 11.5 Å². The summed E-state index contributed by atoms with van der Waals surface area (Å²) in [5, 5.41) is 11.3. The van der Waals surface area contributed by atoms with Crippen molar-refractivity contribution in [1.29, 1.82) is 0 Å². The molecule has 0 saturated heterocycles. The molecule has 2 aromatic carbocycles. The van der Waals surface area contributed by atoms with E-state index in [1.54, 1.807) is 38.1 Å². The van der Waals surface area contributed by atoms with Crippen LogP contribution in [-0.4, -0.2) is 17.0 Å². The van der Waals surface area contributed by atoms with Crippen LogP contribution in [0.4, 0.5) is 0 Å². The van der Waals surface area contributed by atoms with Crippen molar-refractivity contribution in [3.05, 3.63) is 71.5 Å². The molecule has 0 radical (unpaired) electrons. The quantitative estimate of drug-likeness (QED) is 0.496. The number of hydrogen-bond acceptors (Lipinski definition) is 5. The first kappa shape index (κ1) is 18.5. The van der Waals surface area contributed by atoms with Gasteiger partial charge in [0, 0.05) is 39.5 Å². The lowest BCUT2D eigenvalue weighted by atomic mass is 9.90. The van der Waals surface area contributed by atoms with Gasteiger partial charge in [0.1, 0.15) is 11.5 Å². The van der Waals surface area contributed by atoms with E-state index in [4.69, 9.17) is 9.47 Å². The van der Waals surface area contributed by atoms with Crippen LogP contribution in [0.25, 0.3) is 10.8 Å². The maximum atomic E-state index is 12.2. The summed E-state index contributed by atoms with van der Waals surface area (Å²) in [7, 11) is 0. The number of ether oxygens (including phenoxy) is 2. The van der Waals surface area contributed by atoms with Gasteiger partial charge >= 0.3 is 11.9 Å². The molecule has 0 heterocycles. The zero-order chi connectivity index (χ0) is 19.7. The predicted octanol–water partition coefficient (Wildman–Crippen LogP) is 4.34. The lowest BCUT2D eigenvalue weighted by Crippen LogP contribution is -2.16. The maximum Gasteiger partial charge on any atom is 0.338 e. The van der Waals surface area contributed by atoms with Crippen LogP contribution in [-0.2, 0) is 22.4 Å². The van der Waals surface area contributed by atoms with E-state index >= 15 is 0 Å². The van der Waals surface area contributed by atoms with E-state index in [0.717, 1.165) is 0 Å². The number of carbonyl (C=O) groups excluding carboxylic acids is 2. The van der Waals surface area contributed by atoms with Gasteiger partial charge in [-0.15, -0.1) is 0 Å². The van der Waals surface area contributed by atoms with Gasteiger partial charge in [-0.05, 0) is 26.3 Å². The third kappa shape index (κ3) is 3.49. The third-order valence-electron chi connectivity index (χ3n) is 4.31. The van der Waals surface area contributed by atoms with Crippen LogP contribution in [0.1, 0.15) is 25.0 Å². The van der Waals surface area contributed by atoms with Gasteiger partial charge in [0.05, 0.1) is 5.76 Å². The number of aliphatic hydroxyl groups is 1. The molecule has 2 aromatic rings. The Hall–Kier alpha value is -3.34. The Morgan fingerprint density at radius 1 is 0.926 bits per heavy atom. The van der Waals surface area contributed by atoms with E-state index in [-0.39, 0.29) is 23.3 Å². The number of benzene rings is 2. The number of rotatable bonds is 4. The molecule has 0 unspecified atom stereocenters. The predicted molar refractivity (Wildman–Crippen MR) is 103 cm³/mol. The summed E-state index contributed by atoms with van der Waals surface area (Å²) in [6.45, 7) is 10.4. The Morgan fingerprint density at radius 2 is 1.41 bits per heavy atom. The molecule has 0 amide bonds. The number of carbonyl (C=O) groups is 2. The highest BCUT2D eigenvalue weighted by Gasteiger charge is 2.27. The van der Waals surface area contributed by atoms with Gasteiger partial charge < -0.3 is 14.6 Å². The van der Waals surface area contributed by atoms with Crippen molar-refractivity contribution in [3.63, 3.8) is 0 Å². The fourth-order valence-electron chi connectivity index (χ4n) is 2.95. The summed E-state index contributed by atoms with van der Waals surface area (Å²) >= 11 is 0. The molecule has 1 aliphatic carbocycles. The number of aliphatic hydroxyl groups excluding tert-OH is 1. The van der Waals surface area contributed by atoms with Gasteiger partial charge in [-0.3, -0.25) is 0 Å². The lowest BCUT2D eigenvalue weighted by Gasteiger charge is -2.23. The SMILES string of the molecule is C=C(C)C(=O)Oc1c2c(c(OC(=O)C(=C)C)c3ccccc13)CC(O)=CC2. The number of hydrogen-bond donors (Lipinski definition) is 1. The molecule has 0 fully saturated rings. The molecular weight excluding hydrogens is 344 g/mol. The summed E-state index contributed by atoms with van der Waals surface area (Å²) in [5.41, 5.74) is 1.86. The Kier molecular flexibility index (Phi) is 4.86. The van der Waals surface area contributed by atoms with Crippen LogP contribution in [0.15, 0.2) is 60.4 Å². The minimum absolute atomic E-state index is 0.169. The second-order valence-corrected chi connectivity index (χ2v) is 6.58. The number of esters is 2. The van der Waals surface area contributed by atoms with Crippen molar-refractivity contribution in [2.75, 3.05) is 0 Å². The van der Waals surface area contributed by atoms with Crippen molar-refractivity contribution in [2.24, 2.45) is 0 Å². The van der Waals surface area contributed by atoms with Crippen LogP contribution in [0.2, 0.25) is 0 Å². The lowest BCUT2D eigenvalue weighted by molar-refractivity contribution is -0.131. The summed E-state index contributed by atoms with van der Waals surface area (Å²) in [6, 6.07) is 7.19. The monoisotopic (exact) mass is 364 g/mol. The van der Waals surface area contributed by atoms with E-state index in [0.29, 0.717) is 39.8 Å². The van der Waals surface area contributed by atoms with E-state index < -0.39 is 11.9 Å². The molecule has 138 valence electrons. The van der Waals surface area contributed by atoms with E-state index in [2.05, 4.69) is 13.2 Å². The summed E-state index contributed by atoms with van der Waals surface area (Å²) in [4.78, 5) is 24.4. The van der Waals surface area contributed by atoms with Crippen molar-refractivity contribution >= 4 is 22.7 Å². The topological polar surface area (TPSA) is 72.8 Å². The average Bonchev–Trinajstić information content (AvgIpc) is 2.63. The van der Waals surface area contributed by atoms with E-state index in [1.165, 1.54) is 0 Å². The van der Waals surface area contributed by atoms with Gasteiger partial charge in [-0.1, -0.05) is 37.4 Å². The van der Waals surface area contributed by atoms with E-state index in [9.17, 15) is 14.7 Å². The van der Waals surface area contributed by atoms with Crippen molar-refractivity contribution in [3.8, 4) is 11.5 Å². The smallest absolute Gasteiger partial charge is 0.338 e. The molecule has 0 saturated carbocycles. The fraction of sp³-hybridized carbons (Fsp3) is 0.182. The second kappa shape index (κ2) is 7.11. The molecule has 0 aromatic heterocycles. The van der Waals surface area contributed by atoms with Crippen LogP contribution in [0.3, 0.4) is 0 Å². The maximum absolute atomic E-state index is 12.2. The van der Waals surface area contributed by atoms with Gasteiger partial charge in [0.25, 0.3) is 0 Å². The largest absolute Gasteiger partial charge is 0.512 e. The molecule has 1 aliphatic rings. The van der Waals surface area contributed by atoms with Gasteiger partial charge in [-0.2, -0.15) is 0 Å². The molecule has 0 atom stereocenters. The van der Waals surface area contributed by atoms with Crippen molar-refractivity contribution < 1.29 is 24.2 Å². The van der Waals surface area contributed by atoms with Crippen LogP contribution >= 0.6 is 0 Å². The van der Waals surface area contributed by atoms with Crippen LogP contribution in [0, 0.1) is 0 Å². The van der Waals surface area contributed by atoms with Crippen molar-refractivity contribution in [1.82, 2.24) is 0 Å². The fourth-order valence-corrected chi connectivity index (χ4v) is 2.95. The molecule has 1 N–H and O–H groups in total.